The van der Waals surface area contributed by atoms with Gasteiger partial charge in [0.2, 0.25) is 18.6 Å². The van der Waals surface area contributed by atoms with Gasteiger partial charge in [0.15, 0.2) is 11.5 Å². The molecule has 0 fully saturated rings. The number of nitrogens with one attached hydrogen (secondary N) is 2. The van der Waals surface area contributed by atoms with Crippen LogP contribution in [0.1, 0.15) is 18.9 Å². The van der Waals surface area contributed by atoms with Crippen molar-refractivity contribution in [2.75, 3.05) is 19.9 Å². The van der Waals surface area contributed by atoms with Crippen LogP contribution in [-0.2, 0) is 9.59 Å². The third-order valence-corrected chi connectivity index (χ3v) is 2.82. The quantitative estimate of drug-likeness (QED) is 0.768. The predicted octanol–water partition coefficient (Wildman–Crippen LogP) is 1.07. The van der Waals surface area contributed by atoms with Gasteiger partial charge in [-0.2, -0.15) is 0 Å². The summed E-state index contributed by atoms with van der Waals surface area (Å²) in [5.41, 5.74) is 0.824. The number of fused-ring (bicyclic) bond motifs is 1. The summed E-state index contributed by atoms with van der Waals surface area (Å²) >= 11 is 0. The van der Waals surface area contributed by atoms with Gasteiger partial charge < -0.3 is 20.1 Å². The van der Waals surface area contributed by atoms with E-state index in [9.17, 15) is 9.59 Å². The highest BCUT2D eigenvalue weighted by molar-refractivity contribution is 5.94. The zero-order valence-corrected chi connectivity index (χ0v) is 11.8. The second-order valence-corrected chi connectivity index (χ2v) is 4.51. The largest absolute Gasteiger partial charge is 0.454 e. The van der Waals surface area contributed by atoms with Crippen LogP contribution in [0.2, 0.25) is 0 Å². The van der Waals surface area contributed by atoms with Crippen molar-refractivity contribution in [1.29, 1.82) is 0 Å². The Morgan fingerprint density at radius 3 is 2.86 bits per heavy atom. The molecule has 1 aliphatic rings. The molecule has 1 aliphatic heterocycles. The molecule has 1 aromatic rings. The molecule has 2 amide bonds. The van der Waals surface area contributed by atoms with E-state index in [1.807, 2.05) is 13.0 Å². The summed E-state index contributed by atoms with van der Waals surface area (Å²) in [6, 6.07) is 5.41. The van der Waals surface area contributed by atoms with E-state index in [2.05, 4.69) is 10.6 Å². The summed E-state index contributed by atoms with van der Waals surface area (Å²) < 4.78 is 10.5. The molecular weight excluding hydrogens is 272 g/mol. The first-order valence-corrected chi connectivity index (χ1v) is 6.81. The third-order valence-electron chi connectivity index (χ3n) is 2.82. The molecule has 0 atom stereocenters. The smallest absolute Gasteiger partial charge is 0.244 e. The molecule has 1 heterocycles. The van der Waals surface area contributed by atoms with Crippen LogP contribution in [0.15, 0.2) is 24.3 Å². The van der Waals surface area contributed by atoms with Crippen LogP contribution in [0.3, 0.4) is 0 Å². The topological polar surface area (TPSA) is 76.7 Å². The van der Waals surface area contributed by atoms with Gasteiger partial charge in [-0.05, 0) is 30.2 Å². The zero-order chi connectivity index (χ0) is 15.1. The Morgan fingerprint density at radius 2 is 2.05 bits per heavy atom. The second-order valence-electron chi connectivity index (χ2n) is 4.51. The zero-order valence-electron chi connectivity index (χ0n) is 11.8. The average Bonchev–Trinajstić information content (AvgIpc) is 2.96. The Hall–Kier alpha value is -2.50. The SMILES string of the molecule is CCCNC(=O)CNC(=O)/C=C/c1ccc2c(c1)OCO2. The fourth-order valence-electron chi connectivity index (χ4n) is 1.74. The van der Waals surface area contributed by atoms with Crippen molar-refractivity contribution in [2.45, 2.75) is 13.3 Å². The molecule has 6 nitrogen and oxygen atoms in total. The molecule has 0 radical (unpaired) electrons. The number of hydrogen-bond donors (Lipinski definition) is 2. The van der Waals surface area contributed by atoms with E-state index >= 15 is 0 Å². The second kappa shape index (κ2) is 7.33. The monoisotopic (exact) mass is 290 g/mol. The van der Waals surface area contributed by atoms with E-state index < -0.39 is 0 Å². The lowest BCUT2D eigenvalue weighted by atomic mass is 10.2. The summed E-state index contributed by atoms with van der Waals surface area (Å²) in [7, 11) is 0. The molecule has 0 aromatic heterocycles. The summed E-state index contributed by atoms with van der Waals surface area (Å²) in [5.74, 6) is 0.849. The van der Waals surface area contributed by atoms with Gasteiger partial charge in [0.25, 0.3) is 0 Å². The Bertz CT molecular complexity index is 555. The number of carbonyl (C=O) groups excluding carboxylic acids is 2. The molecule has 0 saturated carbocycles. The first kappa shape index (κ1) is 14.9. The lowest BCUT2D eigenvalue weighted by Gasteiger charge is -2.03. The lowest BCUT2D eigenvalue weighted by Crippen LogP contribution is -2.36. The molecule has 2 rings (SSSR count). The number of hydrogen-bond acceptors (Lipinski definition) is 4. The Labute approximate surface area is 123 Å². The normalized spacial score (nSPS) is 12.4. The van der Waals surface area contributed by atoms with Gasteiger partial charge in [-0.25, -0.2) is 0 Å². The van der Waals surface area contributed by atoms with Crippen LogP contribution in [0, 0.1) is 0 Å². The van der Waals surface area contributed by atoms with E-state index in [4.69, 9.17) is 9.47 Å². The molecule has 2 N–H and O–H groups in total. The third kappa shape index (κ3) is 4.52. The van der Waals surface area contributed by atoms with Crippen molar-refractivity contribution >= 4 is 17.9 Å². The first-order valence-electron chi connectivity index (χ1n) is 6.81. The van der Waals surface area contributed by atoms with E-state index in [-0.39, 0.29) is 25.2 Å². The van der Waals surface area contributed by atoms with Crippen LogP contribution in [0.5, 0.6) is 11.5 Å². The Kier molecular flexibility index (Phi) is 5.20. The van der Waals surface area contributed by atoms with E-state index in [1.165, 1.54) is 6.08 Å². The van der Waals surface area contributed by atoms with Crippen molar-refractivity contribution in [3.05, 3.63) is 29.8 Å². The maximum absolute atomic E-state index is 11.6. The number of ether oxygens (including phenoxy) is 2. The highest BCUT2D eigenvalue weighted by Gasteiger charge is 2.12. The van der Waals surface area contributed by atoms with Crippen LogP contribution in [-0.4, -0.2) is 31.7 Å². The summed E-state index contributed by atoms with van der Waals surface area (Å²) in [4.78, 5) is 22.9. The summed E-state index contributed by atoms with van der Waals surface area (Å²) in [6.45, 7) is 2.77. The van der Waals surface area contributed by atoms with Crippen molar-refractivity contribution in [2.24, 2.45) is 0 Å². The Balaban J connectivity index is 1.81. The van der Waals surface area contributed by atoms with Crippen molar-refractivity contribution in [3.63, 3.8) is 0 Å². The van der Waals surface area contributed by atoms with Gasteiger partial charge in [-0.3, -0.25) is 9.59 Å². The lowest BCUT2D eigenvalue weighted by molar-refractivity contribution is -0.123. The van der Waals surface area contributed by atoms with Crippen LogP contribution < -0.4 is 20.1 Å². The molecule has 1 aromatic carbocycles. The van der Waals surface area contributed by atoms with Gasteiger partial charge in [-0.15, -0.1) is 0 Å². The fraction of sp³-hybridized carbons (Fsp3) is 0.333. The highest BCUT2D eigenvalue weighted by Crippen LogP contribution is 2.32. The van der Waals surface area contributed by atoms with E-state index in [0.29, 0.717) is 18.0 Å². The minimum absolute atomic E-state index is 0.0235. The number of rotatable bonds is 6. The summed E-state index contributed by atoms with van der Waals surface area (Å²) in [5, 5.41) is 5.20. The van der Waals surface area contributed by atoms with Crippen LogP contribution >= 0.6 is 0 Å². The molecule has 112 valence electrons. The Morgan fingerprint density at radius 1 is 1.24 bits per heavy atom. The van der Waals surface area contributed by atoms with Gasteiger partial charge in [0.1, 0.15) is 0 Å². The molecule has 0 aliphatic carbocycles. The minimum Gasteiger partial charge on any atom is -0.454 e. The molecule has 0 spiro atoms. The molecule has 0 unspecified atom stereocenters. The van der Waals surface area contributed by atoms with Crippen molar-refractivity contribution in [1.82, 2.24) is 10.6 Å². The number of benzene rings is 1. The van der Waals surface area contributed by atoms with E-state index in [0.717, 1.165) is 12.0 Å². The van der Waals surface area contributed by atoms with Crippen LogP contribution in [0.4, 0.5) is 0 Å². The predicted molar refractivity (Wildman–Crippen MR) is 77.9 cm³/mol. The fourth-order valence-corrected chi connectivity index (χ4v) is 1.74. The van der Waals surface area contributed by atoms with Gasteiger partial charge in [0, 0.05) is 12.6 Å². The standard InChI is InChI=1S/C15H18N2O4/c1-2-7-16-15(19)9-17-14(18)6-4-11-3-5-12-13(8-11)21-10-20-12/h3-6,8H,2,7,9-10H2,1H3,(H,16,19)(H,17,18)/b6-4+. The maximum atomic E-state index is 11.6. The van der Waals surface area contributed by atoms with E-state index in [1.54, 1.807) is 18.2 Å². The molecule has 6 heteroatoms. The number of carbonyl (C=O) groups is 2. The molecule has 0 bridgehead atoms. The molecule has 21 heavy (non-hydrogen) atoms. The minimum atomic E-state index is -0.320. The van der Waals surface area contributed by atoms with Gasteiger partial charge in [-0.1, -0.05) is 13.0 Å². The molecule has 0 saturated heterocycles. The maximum Gasteiger partial charge on any atom is 0.244 e. The van der Waals surface area contributed by atoms with Crippen molar-refractivity contribution < 1.29 is 19.1 Å². The van der Waals surface area contributed by atoms with Crippen LogP contribution in [0.25, 0.3) is 6.08 Å². The molecular formula is C15H18N2O4. The van der Waals surface area contributed by atoms with Gasteiger partial charge in [0.05, 0.1) is 6.54 Å². The average molecular weight is 290 g/mol. The van der Waals surface area contributed by atoms with Gasteiger partial charge >= 0.3 is 0 Å². The highest BCUT2D eigenvalue weighted by atomic mass is 16.7. The number of amides is 2. The first-order chi connectivity index (χ1) is 10.2. The van der Waals surface area contributed by atoms with Crippen molar-refractivity contribution in [3.8, 4) is 11.5 Å². The summed E-state index contributed by atoms with van der Waals surface area (Å²) in [6.07, 6.45) is 3.90.